The number of nitrogens with one attached hydrogen (secondary N) is 1. The second kappa shape index (κ2) is 6.76. The number of halogens is 1. The highest BCUT2D eigenvalue weighted by molar-refractivity contribution is 5.75. The van der Waals surface area contributed by atoms with E-state index in [1.807, 2.05) is 0 Å². The number of carbonyl (C=O) groups excluding carboxylic acids is 1. The lowest BCUT2D eigenvalue weighted by Crippen LogP contribution is -2.27. The molecule has 2 heterocycles. The molecular formula is C14H20FN3O2. The van der Waals surface area contributed by atoms with Crippen molar-refractivity contribution in [2.24, 2.45) is 5.92 Å². The first-order chi connectivity index (χ1) is 9.58. The fourth-order valence-electron chi connectivity index (χ4n) is 2.54. The van der Waals surface area contributed by atoms with E-state index in [1.54, 1.807) is 13.2 Å². The molecule has 0 bridgehead atoms. The van der Waals surface area contributed by atoms with Crippen molar-refractivity contribution in [3.63, 3.8) is 0 Å². The number of β-amino-alcohol motifs (C(OH)–C–C–N with tert-alkyl or cyclic N) is 1. The predicted octanol–water partition coefficient (Wildman–Crippen LogP) is 0.192. The lowest BCUT2D eigenvalue weighted by Gasteiger charge is -2.15. The second-order valence-electron chi connectivity index (χ2n) is 5.23. The summed E-state index contributed by atoms with van der Waals surface area (Å²) in [5.74, 6) is -0.410. The van der Waals surface area contributed by atoms with E-state index in [4.69, 9.17) is 0 Å². The van der Waals surface area contributed by atoms with Gasteiger partial charge in [-0.05, 0) is 18.1 Å². The van der Waals surface area contributed by atoms with Crippen molar-refractivity contribution in [2.75, 3.05) is 26.7 Å². The number of nitrogens with zero attached hydrogens (tertiary/aromatic N) is 2. The monoisotopic (exact) mass is 281 g/mol. The molecule has 20 heavy (non-hydrogen) atoms. The zero-order valence-electron chi connectivity index (χ0n) is 11.6. The van der Waals surface area contributed by atoms with Gasteiger partial charge in [0.05, 0.1) is 12.3 Å². The number of amides is 1. The zero-order chi connectivity index (χ0) is 14.5. The quantitative estimate of drug-likeness (QED) is 0.809. The average molecular weight is 281 g/mol. The van der Waals surface area contributed by atoms with Crippen LogP contribution in [0.2, 0.25) is 0 Å². The molecule has 1 aromatic rings. The summed E-state index contributed by atoms with van der Waals surface area (Å²) >= 11 is 0. The summed E-state index contributed by atoms with van der Waals surface area (Å²) in [7, 11) is 1.60. The third-order valence-electron chi connectivity index (χ3n) is 3.69. The van der Waals surface area contributed by atoms with E-state index in [0.717, 1.165) is 12.1 Å². The van der Waals surface area contributed by atoms with Gasteiger partial charge >= 0.3 is 0 Å². The number of pyridine rings is 1. The highest BCUT2D eigenvalue weighted by Crippen LogP contribution is 2.20. The molecule has 110 valence electrons. The number of aromatic nitrogens is 1. The van der Waals surface area contributed by atoms with Crippen molar-refractivity contribution in [1.82, 2.24) is 15.2 Å². The molecular weight excluding hydrogens is 261 g/mol. The van der Waals surface area contributed by atoms with E-state index in [2.05, 4.69) is 15.2 Å². The zero-order valence-corrected chi connectivity index (χ0v) is 11.6. The van der Waals surface area contributed by atoms with Crippen molar-refractivity contribution >= 4 is 5.91 Å². The smallest absolute Gasteiger partial charge is 0.220 e. The molecule has 0 spiro atoms. The summed E-state index contributed by atoms with van der Waals surface area (Å²) in [5, 5.41) is 12.5. The summed E-state index contributed by atoms with van der Waals surface area (Å²) in [5.41, 5.74) is 0.842. The van der Waals surface area contributed by atoms with E-state index >= 15 is 0 Å². The largest absolute Gasteiger partial charge is 0.391 e. The van der Waals surface area contributed by atoms with Gasteiger partial charge in [-0.2, -0.15) is 0 Å². The highest BCUT2D eigenvalue weighted by Gasteiger charge is 2.32. The third kappa shape index (κ3) is 3.98. The Balaban J connectivity index is 1.82. The molecule has 1 aliphatic rings. The van der Waals surface area contributed by atoms with Crippen LogP contribution in [0.15, 0.2) is 18.5 Å². The Morgan fingerprint density at radius 3 is 3.05 bits per heavy atom. The van der Waals surface area contributed by atoms with Crippen LogP contribution in [0.1, 0.15) is 12.0 Å². The molecule has 0 saturated carbocycles. The maximum absolute atomic E-state index is 13.0. The number of aliphatic hydroxyl groups excluding tert-OH is 1. The van der Waals surface area contributed by atoms with Crippen LogP contribution in [0.4, 0.5) is 4.39 Å². The molecule has 1 fully saturated rings. The molecule has 6 heteroatoms. The van der Waals surface area contributed by atoms with Crippen molar-refractivity contribution in [2.45, 2.75) is 18.9 Å². The average Bonchev–Trinajstić information content (AvgIpc) is 2.77. The van der Waals surface area contributed by atoms with E-state index in [0.29, 0.717) is 25.9 Å². The Bertz CT molecular complexity index is 469. The minimum Gasteiger partial charge on any atom is -0.391 e. The van der Waals surface area contributed by atoms with Crippen molar-refractivity contribution < 1.29 is 14.3 Å². The molecule has 2 N–H and O–H groups in total. The maximum atomic E-state index is 13.0. The normalized spacial score (nSPS) is 22.9. The van der Waals surface area contributed by atoms with Crippen LogP contribution in [0.25, 0.3) is 0 Å². The van der Waals surface area contributed by atoms with Crippen LogP contribution in [-0.4, -0.2) is 53.7 Å². The van der Waals surface area contributed by atoms with E-state index < -0.39 is 6.10 Å². The topological polar surface area (TPSA) is 65.5 Å². The highest BCUT2D eigenvalue weighted by atomic mass is 19.1. The molecule has 1 aliphatic heterocycles. The second-order valence-corrected chi connectivity index (χ2v) is 5.23. The summed E-state index contributed by atoms with van der Waals surface area (Å²) in [6, 6.07) is 1.47. The van der Waals surface area contributed by atoms with Crippen LogP contribution in [0.3, 0.4) is 0 Å². The minimum atomic E-state index is -0.474. The Kier molecular flexibility index (Phi) is 5.03. The van der Waals surface area contributed by atoms with Crippen molar-refractivity contribution in [3.8, 4) is 0 Å². The van der Waals surface area contributed by atoms with Crippen molar-refractivity contribution in [3.05, 3.63) is 29.8 Å². The molecule has 2 atom stereocenters. The van der Waals surface area contributed by atoms with Gasteiger partial charge in [-0.25, -0.2) is 4.39 Å². The standard InChI is InChI=1S/C14H20FN3O2/c1-16-14(20)5-11-8-18(9-13(11)19)3-2-10-4-12(15)7-17-6-10/h4,6-7,11,13,19H,2-3,5,8-9H2,1H3,(H,16,20)/t11-,13-/m1/s1. The van der Waals surface area contributed by atoms with Gasteiger partial charge in [-0.3, -0.25) is 9.78 Å². The summed E-state index contributed by atoms with van der Waals surface area (Å²) in [6.45, 7) is 1.98. The molecule has 1 amide bonds. The minimum absolute atomic E-state index is 0.0272. The van der Waals surface area contributed by atoms with Gasteiger partial charge in [0.25, 0.3) is 0 Å². The van der Waals surface area contributed by atoms with Crippen LogP contribution >= 0.6 is 0 Å². The maximum Gasteiger partial charge on any atom is 0.220 e. The number of hydrogen-bond donors (Lipinski definition) is 2. The molecule has 0 radical (unpaired) electrons. The van der Waals surface area contributed by atoms with Crippen molar-refractivity contribution in [1.29, 1.82) is 0 Å². The SMILES string of the molecule is CNC(=O)C[C@@H]1CN(CCc2cncc(F)c2)C[C@H]1O. The number of hydrogen-bond acceptors (Lipinski definition) is 4. The number of aliphatic hydroxyl groups is 1. The van der Waals surface area contributed by atoms with Crippen LogP contribution in [0, 0.1) is 11.7 Å². The Morgan fingerprint density at radius 2 is 2.35 bits per heavy atom. The molecule has 0 aliphatic carbocycles. The fourth-order valence-corrected chi connectivity index (χ4v) is 2.54. The first-order valence-electron chi connectivity index (χ1n) is 6.79. The molecule has 1 aromatic heterocycles. The van der Waals surface area contributed by atoms with Gasteiger partial charge in [0.15, 0.2) is 0 Å². The lowest BCUT2D eigenvalue weighted by molar-refractivity contribution is -0.122. The number of rotatable bonds is 5. The first kappa shape index (κ1) is 14.9. The summed E-state index contributed by atoms with van der Waals surface area (Å²) in [4.78, 5) is 17.3. The van der Waals surface area contributed by atoms with Gasteiger partial charge in [0.1, 0.15) is 5.82 Å². The van der Waals surface area contributed by atoms with E-state index in [-0.39, 0.29) is 17.6 Å². The van der Waals surface area contributed by atoms with Gasteiger partial charge < -0.3 is 15.3 Å². The molecule has 2 rings (SSSR count). The predicted molar refractivity (Wildman–Crippen MR) is 72.5 cm³/mol. The van der Waals surface area contributed by atoms with Crippen LogP contribution in [0.5, 0.6) is 0 Å². The lowest BCUT2D eigenvalue weighted by atomic mass is 10.0. The number of likely N-dealkylation sites (tertiary alicyclic amines) is 1. The Labute approximate surface area is 117 Å². The van der Waals surface area contributed by atoms with Gasteiger partial charge in [0.2, 0.25) is 5.91 Å². The van der Waals surface area contributed by atoms with Gasteiger partial charge in [0, 0.05) is 45.2 Å². The summed E-state index contributed by atoms with van der Waals surface area (Å²) < 4.78 is 13.0. The molecule has 0 aromatic carbocycles. The molecule has 0 unspecified atom stereocenters. The summed E-state index contributed by atoms with van der Waals surface area (Å²) in [6.07, 6.45) is 3.39. The van der Waals surface area contributed by atoms with E-state index in [9.17, 15) is 14.3 Å². The van der Waals surface area contributed by atoms with Crippen LogP contribution in [-0.2, 0) is 11.2 Å². The van der Waals surface area contributed by atoms with E-state index in [1.165, 1.54) is 12.3 Å². The van der Waals surface area contributed by atoms with Crippen LogP contribution < -0.4 is 5.32 Å². The molecule has 1 saturated heterocycles. The fraction of sp³-hybridized carbons (Fsp3) is 0.571. The number of carbonyl (C=O) groups is 1. The first-order valence-corrected chi connectivity index (χ1v) is 6.79. The Hall–Kier alpha value is -1.53. The third-order valence-corrected chi connectivity index (χ3v) is 3.69. The Morgan fingerprint density at radius 1 is 1.55 bits per heavy atom. The molecule has 5 nitrogen and oxygen atoms in total. The van der Waals surface area contributed by atoms with Gasteiger partial charge in [-0.15, -0.1) is 0 Å². The van der Waals surface area contributed by atoms with Gasteiger partial charge in [-0.1, -0.05) is 0 Å².